The Morgan fingerprint density at radius 1 is 1.35 bits per heavy atom. The number of carbonyl (C=O) groups is 2. The van der Waals surface area contributed by atoms with E-state index in [0.29, 0.717) is 5.13 Å². The lowest BCUT2D eigenvalue weighted by Crippen LogP contribution is -2.38. The monoisotopic (exact) mass is 335 g/mol. The van der Waals surface area contributed by atoms with E-state index in [2.05, 4.69) is 10.3 Å². The molecular weight excluding hydrogens is 314 g/mol. The maximum atomic E-state index is 12.1. The average molecular weight is 335 g/mol. The number of rotatable bonds is 3. The van der Waals surface area contributed by atoms with Gasteiger partial charge in [0, 0.05) is 7.05 Å². The minimum atomic E-state index is -0.591. The number of hydrogen-bond acceptors (Lipinski definition) is 5. The second-order valence-electron chi connectivity index (χ2n) is 6.33. The van der Waals surface area contributed by atoms with Crippen LogP contribution in [0.2, 0.25) is 0 Å². The second kappa shape index (κ2) is 6.54. The molecule has 0 saturated carbocycles. The Bertz CT molecular complexity index is 734. The van der Waals surface area contributed by atoms with Crippen LogP contribution in [0, 0.1) is 6.92 Å². The Labute approximate surface area is 139 Å². The molecule has 0 spiro atoms. The molecule has 1 N–H and O–H groups in total. The van der Waals surface area contributed by atoms with Gasteiger partial charge in [-0.1, -0.05) is 23.5 Å². The molecule has 23 heavy (non-hydrogen) atoms. The van der Waals surface area contributed by atoms with Gasteiger partial charge in [-0.3, -0.25) is 4.79 Å². The molecule has 0 bridgehead atoms. The molecule has 1 aromatic carbocycles. The fourth-order valence-electron chi connectivity index (χ4n) is 1.92. The highest BCUT2D eigenvalue weighted by atomic mass is 32.1. The fourth-order valence-corrected chi connectivity index (χ4v) is 2.88. The van der Waals surface area contributed by atoms with E-state index in [1.54, 1.807) is 20.8 Å². The van der Waals surface area contributed by atoms with Gasteiger partial charge in [0.2, 0.25) is 5.91 Å². The number of anilines is 1. The largest absolute Gasteiger partial charge is 0.444 e. The lowest BCUT2D eigenvalue weighted by Gasteiger charge is -2.24. The van der Waals surface area contributed by atoms with Crippen molar-refractivity contribution in [1.29, 1.82) is 0 Å². The predicted molar refractivity (Wildman–Crippen MR) is 91.9 cm³/mol. The van der Waals surface area contributed by atoms with Gasteiger partial charge >= 0.3 is 6.09 Å². The molecule has 0 fully saturated rings. The number of nitrogens with one attached hydrogen (secondary N) is 1. The Morgan fingerprint density at radius 3 is 2.65 bits per heavy atom. The van der Waals surface area contributed by atoms with Gasteiger partial charge in [-0.25, -0.2) is 9.78 Å². The number of thiazole rings is 1. The van der Waals surface area contributed by atoms with Crippen LogP contribution in [0.4, 0.5) is 9.93 Å². The third-order valence-corrected chi connectivity index (χ3v) is 3.89. The fraction of sp³-hybridized carbons (Fsp3) is 0.438. The lowest BCUT2D eigenvalue weighted by molar-refractivity contribution is -0.117. The minimum Gasteiger partial charge on any atom is -0.444 e. The normalized spacial score (nSPS) is 11.3. The Kier molecular flexibility index (Phi) is 4.89. The van der Waals surface area contributed by atoms with E-state index < -0.39 is 11.7 Å². The van der Waals surface area contributed by atoms with Crippen LogP contribution in [0.3, 0.4) is 0 Å². The van der Waals surface area contributed by atoms with Crippen molar-refractivity contribution in [2.75, 3.05) is 18.9 Å². The van der Waals surface area contributed by atoms with Gasteiger partial charge in [-0.05, 0) is 39.3 Å². The first-order valence-corrected chi connectivity index (χ1v) is 8.07. The van der Waals surface area contributed by atoms with Crippen LogP contribution in [-0.2, 0) is 9.53 Å². The first-order valence-electron chi connectivity index (χ1n) is 7.26. The summed E-state index contributed by atoms with van der Waals surface area (Å²) in [5.41, 5.74) is 1.35. The molecule has 0 unspecified atom stereocenters. The van der Waals surface area contributed by atoms with Gasteiger partial charge in [0.1, 0.15) is 12.1 Å². The number of likely N-dealkylation sites (N-methyl/N-ethyl adjacent to an activating group) is 1. The highest BCUT2D eigenvalue weighted by Gasteiger charge is 2.21. The summed E-state index contributed by atoms with van der Waals surface area (Å²) < 4.78 is 6.22. The van der Waals surface area contributed by atoms with Crippen LogP contribution >= 0.6 is 11.3 Å². The maximum Gasteiger partial charge on any atom is 0.410 e. The zero-order valence-electron chi connectivity index (χ0n) is 14.0. The van der Waals surface area contributed by atoms with E-state index >= 15 is 0 Å². The Morgan fingerprint density at radius 2 is 2.04 bits per heavy atom. The van der Waals surface area contributed by atoms with Crippen LogP contribution in [0.25, 0.3) is 10.2 Å². The topological polar surface area (TPSA) is 71.5 Å². The van der Waals surface area contributed by atoms with E-state index in [-0.39, 0.29) is 12.5 Å². The highest BCUT2D eigenvalue weighted by molar-refractivity contribution is 7.22. The highest BCUT2D eigenvalue weighted by Crippen LogP contribution is 2.27. The summed E-state index contributed by atoms with van der Waals surface area (Å²) in [6, 6.07) is 5.89. The van der Waals surface area contributed by atoms with Gasteiger partial charge in [-0.2, -0.15) is 0 Å². The lowest BCUT2D eigenvalue weighted by atomic mass is 10.2. The standard InChI is InChI=1S/C16H21N3O3S/c1-10-7-6-8-11-13(10)18-14(23-11)17-12(20)9-19(5)15(21)22-16(2,3)4/h6-8H,9H2,1-5H3,(H,17,18,20). The molecule has 0 saturated heterocycles. The maximum absolute atomic E-state index is 12.1. The molecule has 6 nitrogen and oxygen atoms in total. The van der Waals surface area contributed by atoms with Crippen molar-refractivity contribution in [3.05, 3.63) is 23.8 Å². The molecule has 0 aliphatic heterocycles. The third kappa shape index (κ3) is 4.66. The van der Waals surface area contributed by atoms with Crippen molar-refractivity contribution >= 4 is 38.7 Å². The summed E-state index contributed by atoms with van der Waals surface area (Å²) in [4.78, 5) is 29.6. The summed E-state index contributed by atoms with van der Waals surface area (Å²) in [7, 11) is 1.52. The molecular formula is C16H21N3O3S. The van der Waals surface area contributed by atoms with Crippen LogP contribution in [0.1, 0.15) is 26.3 Å². The van der Waals surface area contributed by atoms with Gasteiger partial charge < -0.3 is 15.0 Å². The molecule has 0 radical (unpaired) electrons. The minimum absolute atomic E-state index is 0.0934. The Hall–Kier alpha value is -2.15. The summed E-state index contributed by atoms with van der Waals surface area (Å²) in [5, 5.41) is 3.25. The van der Waals surface area contributed by atoms with Crippen LogP contribution in [0.5, 0.6) is 0 Å². The number of fused-ring (bicyclic) bond motifs is 1. The number of aryl methyl sites for hydroxylation is 1. The molecule has 0 aliphatic carbocycles. The van der Waals surface area contributed by atoms with Crippen molar-refractivity contribution in [1.82, 2.24) is 9.88 Å². The van der Waals surface area contributed by atoms with Gasteiger partial charge in [-0.15, -0.1) is 0 Å². The van der Waals surface area contributed by atoms with Gasteiger partial charge in [0.15, 0.2) is 5.13 Å². The van der Waals surface area contributed by atoms with Crippen molar-refractivity contribution < 1.29 is 14.3 Å². The van der Waals surface area contributed by atoms with E-state index in [1.165, 1.54) is 23.3 Å². The smallest absolute Gasteiger partial charge is 0.410 e. The number of amides is 2. The predicted octanol–water partition coefficient (Wildman–Crippen LogP) is 3.41. The number of benzene rings is 1. The molecule has 2 rings (SSSR count). The van der Waals surface area contributed by atoms with E-state index in [4.69, 9.17) is 4.74 Å². The molecule has 1 heterocycles. The number of aromatic nitrogens is 1. The van der Waals surface area contributed by atoms with Crippen LogP contribution in [0.15, 0.2) is 18.2 Å². The zero-order valence-corrected chi connectivity index (χ0v) is 14.8. The second-order valence-corrected chi connectivity index (χ2v) is 7.36. The van der Waals surface area contributed by atoms with Crippen molar-refractivity contribution in [2.24, 2.45) is 0 Å². The third-order valence-electron chi connectivity index (χ3n) is 2.95. The molecule has 2 aromatic rings. The van der Waals surface area contributed by atoms with E-state index in [1.807, 2.05) is 25.1 Å². The summed E-state index contributed by atoms with van der Waals surface area (Å²) >= 11 is 1.41. The van der Waals surface area contributed by atoms with E-state index in [0.717, 1.165) is 15.8 Å². The quantitative estimate of drug-likeness (QED) is 0.933. The van der Waals surface area contributed by atoms with Crippen LogP contribution < -0.4 is 5.32 Å². The summed E-state index contributed by atoms with van der Waals surface area (Å²) in [5.74, 6) is -0.310. The van der Waals surface area contributed by atoms with Crippen molar-refractivity contribution in [3.63, 3.8) is 0 Å². The molecule has 0 atom stereocenters. The van der Waals surface area contributed by atoms with E-state index in [9.17, 15) is 9.59 Å². The van der Waals surface area contributed by atoms with Crippen molar-refractivity contribution in [2.45, 2.75) is 33.3 Å². The molecule has 1 aromatic heterocycles. The summed E-state index contributed by atoms with van der Waals surface area (Å²) in [6.07, 6.45) is -0.534. The molecule has 0 aliphatic rings. The number of nitrogens with zero attached hydrogens (tertiary/aromatic N) is 2. The van der Waals surface area contributed by atoms with Gasteiger partial charge in [0.25, 0.3) is 0 Å². The number of hydrogen-bond donors (Lipinski definition) is 1. The zero-order chi connectivity index (χ0) is 17.2. The Balaban J connectivity index is 1.98. The first-order chi connectivity index (χ1) is 10.7. The van der Waals surface area contributed by atoms with Gasteiger partial charge in [0.05, 0.1) is 10.2 Å². The number of ether oxygens (including phenoxy) is 1. The first kappa shape index (κ1) is 17.2. The summed E-state index contributed by atoms with van der Waals surface area (Å²) in [6.45, 7) is 7.22. The SMILES string of the molecule is Cc1cccc2sc(NC(=O)CN(C)C(=O)OC(C)(C)C)nc12. The molecule has 2 amide bonds. The molecule has 7 heteroatoms. The molecule has 124 valence electrons. The van der Waals surface area contributed by atoms with Crippen LogP contribution in [-0.4, -0.2) is 41.1 Å². The number of carbonyl (C=O) groups excluding carboxylic acids is 2. The van der Waals surface area contributed by atoms with Crippen molar-refractivity contribution in [3.8, 4) is 0 Å². The average Bonchev–Trinajstić information content (AvgIpc) is 2.80. The number of para-hydroxylation sites is 1.